The minimum Gasteiger partial charge on any atom is -0.392 e. The highest BCUT2D eigenvalue weighted by Gasteiger charge is 2.51. The molecule has 27 heavy (non-hydrogen) atoms. The number of carbonyl (C=O) groups is 1. The van der Waals surface area contributed by atoms with Crippen LogP contribution >= 0.6 is 11.8 Å². The summed E-state index contributed by atoms with van der Waals surface area (Å²) >= 11 is 1.62. The van der Waals surface area contributed by atoms with Crippen molar-refractivity contribution in [3.63, 3.8) is 0 Å². The van der Waals surface area contributed by atoms with Gasteiger partial charge in [0.15, 0.2) is 0 Å². The number of carbonyl (C=O) groups excluding carboxylic acids is 1. The third-order valence-electron chi connectivity index (χ3n) is 6.64. The Bertz CT molecular complexity index is 701. The van der Waals surface area contributed by atoms with Crippen LogP contribution in [0.1, 0.15) is 43.7 Å². The Kier molecular flexibility index (Phi) is 5.62. The quantitative estimate of drug-likeness (QED) is 0.816. The number of nitrogens with zero attached hydrogens (tertiary/aromatic N) is 1. The van der Waals surface area contributed by atoms with E-state index in [0.717, 1.165) is 32.5 Å². The van der Waals surface area contributed by atoms with E-state index in [2.05, 4.69) is 59.8 Å². The molecule has 0 bridgehead atoms. The molecular weight excluding hydrogens is 356 g/mol. The molecule has 1 saturated heterocycles. The van der Waals surface area contributed by atoms with E-state index >= 15 is 0 Å². The Morgan fingerprint density at radius 3 is 2.63 bits per heavy atom. The lowest BCUT2D eigenvalue weighted by Gasteiger charge is -2.48. The summed E-state index contributed by atoms with van der Waals surface area (Å²) in [7, 11) is 0. The number of hydrogen-bond acceptors (Lipinski definition) is 4. The van der Waals surface area contributed by atoms with Gasteiger partial charge in [0.2, 0.25) is 5.91 Å². The van der Waals surface area contributed by atoms with Crippen molar-refractivity contribution in [2.75, 3.05) is 13.1 Å². The molecule has 2 fully saturated rings. The number of thioether (sulfide) groups is 1. The molecule has 0 aromatic heterocycles. The van der Waals surface area contributed by atoms with E-state index in [1.807, 2.05) is 0 Å². The average Bonchev–Trinajstić information content (AvgIpc) is 3.18. The zero-order chi connectivity index (χ0) is 19.0. The van der Waals surface area contributed by atoms with Crippen LogP contribution in [0.15, 0.2) is 35.7 Å². The van der Waals surface area contributed by atoms with E-state index in [4.69, 9.17) is 0 Å². The SMILES string of the molecule is CCN(CC)Cc1ccc(C2C(O)CCC3NC(=O)C4SC=CC4C32)cc1. The van der Waals surface area contributed by atoms with Crippen LogP contribution in [0.25, 0.3) is 0 Å². The van der Waals surface area contributed by atoms with Gasteiger partial charge in [-0.2, -0.15) is 0 Å². The highest BCUT2D eigenvalue weighted by atomic mass is 32.2. The van der Waals surface area contributed by atoms with Gasteiger partial charge in [0, 0.05) is 24.4 Å². The first-order chi connectivity index (χ1) is 13.1. The Balaban J connectivity index is 1.59. The van der Waals surface area contributed by atoms with Crippen molar-refractivity contribution >= 4 is 17.7 Å². The Labute approximate surface area is 166 Å². The molecule has 1 amide bonds. The number of rotatable bonds is 5. The van der Waals surface area contributed by atoms with Gasteiger partial charge >= 0.3 is 0 Å². The molecule has 5 heteroatoms. The van der Waals surface area contributed by atoms with Crippen LogP contribution in [0.3, 0.4) is 0 Å². The second kappa shape index (κ2) is 7.98. The molecule has 0 radical (unpaired) electrons. The summed E-state index contributed by atoms with van der Waals surface area (Å²) in [6.07, 6.45) is 3.48. The summed E-state index contributed by atoms with van der Waals surface area (Å²) in [5.74, 6) is 0.754. The molecule has 2 aliphatic heterocycles. The Hall–Kier alpha value is -1.30. The fourth-order valence-corrected chi connectivity index (χ4v) is 6.23. The zero-order valence-corrected chi connectivity index (χ0v) is 17.0. The first-order valence-electron chi connectivity index (χ1n) is 10.2. The van der Waals surface area contributed by atoms with E-state index in [0.29, 0.717) is 0 Å². The molecule has 1 aromatic carbocycles. The monoisotopic (exact) mass is 386 g/mol. The molecule has 3 aliphatic rings. The summed E-state index contributed by atoms with van der Waals surface area (Å²) in [6, 6.07) is 8.99. The number of benzene rings is 1. The summed E-state index contributed by atoms with van der Waals surface area (Å²) in [5.41, 5.74) is 2.52. The molecule has 6 atom stereocenters. The van der Waals surface area contributed by atoms with Crippen LogP contribution in [0.2, 0.25) is 0 Å². The summed E-state index contributed by atoms with van der Waals surface area (Å²) in [4.78, 5) is 14.8. The highest BCUT2D eigenvalue weighted by Crippen LogP contribution is 2.50. The second-order valence-electron chi connectivity index (χ2n) is 8.03. The van der Waals surface area contributed by atoms with Crippen molar-refractivity contribution in [1.82, 2.24) is 10.2 Å². The van der Waals surface area contributed by atoms with Gasteiger partial charge in [0.1, 0.15) is 0 Å². The maximum absolute atomic E-state index is 12.4. The molecule has 1 saturated carbocycles. The predicted octanol–water partition coefficient (Wildman–Crippen LogP) is 3.13. The van der Waals surface area contributed by atoms with Crippen molar-refractivity contribution in [3.05, 3.63) is 46.9 Å². The number of aliphatic hydroxyl groups is 1. The summed E-state index contributed by atoms with van der Waals surface area (Å²) in [5, 5.41) is 16.2. The molecule has 6 unspecified atom stereocenters. The fourth-order valence-electron chi connectivity index (χ4n) is 5.14. The number of amides is 1. The van der Waals surface area contributed by atoms with Crippen molar-refractivity contribution in [3.8, 4) is 0 Å². The predicted molar refractivity (Wildman–Crippen MR) is 110 cm³/mol. The number of aliphatic hydroxyl groups excluding tert-OH is 1. The van der Waals surface area contributed by atoms with Crippen LogP contribution in [0.4, 0.5) is 0 Å². The Morgan fingerprint density at radius 2 is 1.93 bits per heavy atom. The number of fused-ring (bicyclic) bond motifs is 3. The van der Waals surface area contributed by atoms with Gasteiger partial charge in [0.25, 0.3) is 0 Å². The first kappa shape index (κ1) is 19.0. The maximum atomic E-state index is 12.4. The van der Waals surface area contributed by atoms with Crippen molar-refractivity contribution in [2.24, 2.45) is 11.8 Å². The van der Waals surface area contributed by atoms with Gasteiger partial charge < -0.3 is 10.4 Å². The summed E-state index contributed by atoms with van der Waals surface area (Å²) < 4.78 is 0. The topological polar surface area (TPSA) is 52.6 Å². The lowest BCUT2D eigenvalue weighted by molar-refractivity contribution is -0.126. The van der Waals surface area contributed by atoms with Crippen LogP contribution < -0.4 is 5.32 Å². The average molecular weight is 387 g/mol. The minimum atomic E-state index is -0.338. The molecule has 146 valence electrons. The van der Waals surface area contributed by atoms with Crippen LogP contribution in [0.5, 0.6) is 0 Å². The fraction of sp³-hybridized carbons (Fsp3) is 0.591. The standard InChI is InChI=1S/C22H30N2O2S/c1-3-24(4-2)13-14-5-7-15(8-6-14)19-18(25)10-9-17-20(19)16-11-12-27-21(16)22(26)23-17/h5-8,11-12,16-21,25H,3-4,9-10,13H2,1-2H3,(H,23,26). The minimum absolute atomic E-state index is 0.0269. The molecule has 4 nitrogen and oxygen atoms in total. The highest BCUT2D eigenvalue weighted by molar-refractivity contribution is 8.03. The van der Waals surface area contributed by atoms with Crippen molar-refractivity contribution < 1.29 is 9.90 Å². The van der Waals surface area contributed by atoms with Crippen molar-refractivity contribution in [2.45, 2.75) is 56.5 Å². The molecule has 2 heterocycles. The van der Waals surface area contributed by atoms with E-state index < -0.39 is 0 Å². The molecule has 0 spiro atoms. The lowest BCUT2D eigenvalue weighted by atomic mass is 9.63. The number of hydrogen-bond donors (Lipinski definition) is 2. The van der Waals surface area contributed by atoms with Gasteiger partial charge in [-0.25, -0.2) is 0 Å². The van der Waals surface area contributed by atoms with E-state index in [-0.39, 0.29) is 41.1 Å². The molecular formula is C22H30N2O2S. The van der Waals surface area contributed by atoms with E-state index in [1.165, 1.54) is 11.1 Å². The smallest absolute Gasteiger partial charge is 0.234 e. The second-order valence-corrected chi connectivity index (χ2v) is 9.08. The van der Waals surface area contributed by atoms with Gasteiger partial charge in [0.05, 0.1) is 11.4 Å². The molecule has 4 rings (SSSR count). The summed E-state index contributed by atoms with van der Waals surface area (Å²) in [6.45, 7) is 7.45. The van der Waals surface area contributed by atoms with Gasteiger partial charge in [-0.3, -0.25) is 9.69 Å². The first-order valence-corrected chi connectivity index (χ1v) is 11.2. The van der Waals surface area contributed by atoms with E-state index in [9.17, 15) is 9.90 Å². The lowest BCUT2D eigenvalue weighted by Crippen LogP contribution is -2.59. The molecule has 1 aromatic rings. The maximum Gasteiger partial charge on any atom is 0.234 e. The third kappa shape index (κ3) is 3.57. The number of allylic oxidation sites excluding steroid dienone is 1. The van der Waals surface area contributed by atoms with E-state index in [1.54, 1.807) is 11.8 Å². The number of nitrogens with one attached hydrogen (secondary N) is 1. The Morgan fingerprint density at radius 1 is 1.19 bits per heavy atom. The van der Waals surface area contributed by atoms with Crippen LogP contribution in [0, 0.1) is 11.8 Å². The third-order valence-corrected chi connectivity index (χ3v) is 7.77. The molecule has 2 N–H and O–H groups in total. The largest absolute Gasteiger partial charge is 0.392 e. The zero-order valence-electron chi connectivity index (χ0n) is 16.2. The molecule has 1 aliphatic carbocycles. The van der Waals surface area contributed by atoms with Crippen LogP contribution in [-0.4, -0.2) is 46.4 Å². The number of piperidine rings is 1. The van der Waals surface area contributed by atoms with Crippen LogP contribution in [-0.2, 0) is 11.3 Å². The van der Waals surface area contributed by atoms with Crippen molar-refractivity contribution in [1.29, 1.82) is 0 Å². The van der Waals surface area contributed by atoms with Gasteiger partial charge in [-0.05, 0) is 48.4 Å². The van der Waals surface area contributed by atoms with Gasteiger partial charge in [-0.1, -0.05) is 44.2 Å². The van der Waals surface area contributed by atoms with Gasteiger partial charge in [-0.15, -0.1) is 11.8 Å². The normalized spacial score (nSPS) is 35.0.